The van der Waals surface area contributed by atoms with Crippen LogP contribution < -0.4 is 15.4 Å². The topological polar surface area (TPSA) is 66.0 Å². The van der Waals surface area contributed by atoms with E-state index < -0.39 is 0 Å². The Hall–Kier alpha value is -2.29. The molecular weight excluding hydrogens is 503 g/mol. The van der Waals surface area contributed by atoms with E-state index in [1.54, 1.807) is 26.1 Å². The Morgan fingerprint density at radius 3 is 2.42 bits per heavy atom. The first-order valence-electron chi connectivity index (χ1n) is 10.2. The fourth-order valence-corrected chi connectivity index (χ4v) is 2.88. The summed E-state index contributed by atoms with van der Waals surface area (Å²) in [5.74, 6) is 1.44. The lowest BCUT2D eigenvalue weighted by atomic mass is 9.84. The molecule has 7 heteroatoms. The van der Waals surface area contributed by atoms with Crippen molar-refractivity contribution in [1.29, 1.82) is 0 Å². The maximum absolute atomic E-state index is 12.0. The van der Waals surface area contributed by atoms with Crippen molar-refractivity contribution >= 4 is 35.8 Å². The standard InChI is InChI=1S/C24H34N4O2.HI/c1-24(2,20-12-9-13-21(16-20)30-5)18-27-23(26-17-22(29)28(3)4)25-15-14-19-10-7-6-8-11-19;/h6-13,16H,14-15,17-18H2,1-5H3,(H2,25,26,27);1H. The second-order valence-electron chi connectivity index (χ2n) is 8.08. The molecule has 1 amide bonds. The minimum atomic E-state index is -0.151. The molecule has 31 heavy (non-hydrogen) atoms. The molecule has 0 unspecified atom stereocenters. The van der Waals surface area contributed by atoms with E-state index in [0.29, 0.717) is 12.5 Å². The molecular formula is C24H35IN4O2. The zero-order valence-corrected chi connectivity index (χ0v) is 21.5. The fraction of sp³-hybridized carbons (Fsp3) is 0.417. The molecule has 2 rings (SSSR count). The first-order valence-corrected chi connectivity index (χ1v) is 10.2. The number of aliphatic imine (C=N–C) groups is 1. The molecule has 0 atom stereocenters. The van der Waals surface area contributed by atoms with Crippen LogP contribution in [-0.2, 0) is 16.6 Å². The van der Waals surface area contributed by atoms with Crippen LogP contribution >= 0.6 is 24.0 Å². The molecule has 2 aromatic rings. The van der Waals surface area contributed by atoms with Crippen molar-refractivity contribution in [2.24, 2.45) is 4.99 Å². The normalized spacial score (nSPS) is 11.3. The second-order valence-corrected chi connectivity index (χ2v) is 8.08. The Morgan fingerprint density at radius 1 is 1.06 bits per heavy atom. The summed E-state index contributed by atoms with van der Waals surface area (Å²) in [5.41, 5.74) is 2.27. The average molecular weight is 538 g/mol. The van der Waals surface area contributed by atoms with Gasteiger partial charge in [-0.15, -0.1) is 24.0 Å². The maximum Gasteiger partial charge on any atom is 0.243 e. The van der Waals surface area contributed by atoms with Gasteiger partial charge >= 0.3 is 0 Å². The highest BCUT2D eigenvalue weighted by Crippen LogP contribution is 2.25. The molecule has 0 fully saturated rings. The number of hydrogen-bond donors (Lipinski definition) is 2. The van der Waals surface area contributed by atoms with E-state index in [0.717, 1.165) is 18.7 Å². The monoisotopic (exact) mass is 538 g/mol. The third kappa shape index (κ3) is 9.16. The predicted molar refractivity (Wildman–Crippen MR) is 139 cm³/mol. The van der Waals surface area contributed by atoms with Gasteiger partial charge in [-0.1, -0.05) is 56.3 Å². The molecule has 0 aromatic heterocycles. The van der Waals surface area contributed by atoms with Gasteiger partial charge in [0.25, 0.3) is 0 Å². The molecule has 0 aliphatic heterocycles. The predicted octanol–water partition coefficient (Wildman–Crippen LogP) is 3.46. The number of guanidine groups is 1. The van der Waals surface area contributed by atoms with E-state index in [1.807, 2.05) is 30.3 Å². The number of carbonyl (C=O) groups is 1. The van der Waals surface area contributed by atoms with Gasteiger partial charge in [-0.25, -0.2) is 4.99 Å². The Bertz CT molecular complexity index is 838. The number of nitrogens with one attached hydrogen (secondary N) is 2. The summed E-state index contributed by atoms with van der Waals surface area (Å²) in [7, 11) is 5.15. The van der Waals surface area contributed by atoms with E-state index in [9.17, 15) is 4.79 Å². The van der Waals surface area contributed by atoms with Crippen LogP contribution in [0, 0.1) is 0 Å². The molecule has 2 N–H and O–H groups in total. The van der Waals surface area contributed by atoms with Crippen LogP contribution in [0.3, 0.4) is 0 Å². The molecule has 0 saturated carbocycles. The smallest absolute Gasteiger partial charge is 0.243 e. The number of rotatable bonds is 9. The average Bonchev–Trinajstić information content (AvgIpc) is 2.75. The summed E-state index contributed by atoms with van der Waals surface area (Å²) < 4.78 is 5.36. The van der Waals surface area contributed by atoms with E-state index in [4.69, 9.17) is 4.74 Å². The van der Waals surface area contributed by atoms with Gasteiger partial charge in [0.15, 0.2) is 5.96 Å². The molecule has 0 heterocycles. The first-order chi connectivity index (χ1) is 14.3. The molecule has 2 aromatic carbocycles. The van der Waals surface area contributed by atoms with Crippen molar-refractivity contribution in [2.45, 2.75) is 25.7 Å². The van der Waals surface area contributed by atoms with Crippen LogP contribution in [0.4, 0.5) is 0 Å². The highest BCUT2D eigenvalue weighted by atomic mass is 127. The van der Waals surface area contributed by atoms with Gasteiger partial charge < -0.3 is 20.3 Å². The van der Waals surface area contributed by atoms with Gasteiger partial charge in [-0.3, -0.25) is 4.79 Å². The quantitative estimate of drug-likeness (QED) is 0.292. The first kappa shape index (κ1) is 26.7. The van der Waals surface area contributed by atoms with Gasteiger partial charge in [0.05, 0.1) is 7.11 Å². The van der Waals surface area contributed by atoms with Gasteiger partial charge in [0, 0.05) is 32.6 Å². The minimum Gasteiger partial charge on any atom is -0.497 e. The molecule has 0 bridgehead atoms. The van der Waals surface area contributed by atoms with Crippen LogP contribution in [0.5, 0.6) is 5.75 Å². The maximum atomic E-state index is 12.0. The number of methoxy groups -OCH3 is 1. The Morgan fingerprint density at radius 2 is 1.77 bits per heavy atom. The third-order valence-corrected chi connectivity index (χ3v) is 4.97. The fourth-order valence-electron chi connectivity index (χ4n) is 2.88. The summed E-state index contributed by atoms with van der Waals surface area (Å²) in [6.45, 7) is 5.83. The number of benzene rings is 2. The Balaban J connectivity index is 0.00000480. The summed E-state index contributed by atoms with van der Waals surface area (Å²) in [6.07, 6.45) is 0.877. The molecule has 0 aliphatic rings. The summed E-state index contributed by atoms with van der Waals surface area (Å²) in [4.78, 5) is 18.0. The Kier molecular flexibility index (Phi) is 11.4. The van der Waals surface area contributed by atoms with Gasteiger partial charge in [0.1, 0.15) is 12.3 Å². The van der Waals surface area contributed by atoms with E-state index in [-0.39, 0.29) is 41.8 Å². The molecule has 0 saturated heterocycles. The van der Waals surface area contributed by atoms with Crippen LogP contribution in [0.15, 0.2) is 59.6 Å². The van der Waals surface area contributed by atoms with E-state index in [2.05, 4.69) is 53.7 Å². The zero-order chi connectivity index (χ0) is 22.0. The number of carbonyl (C=O) groups excluding carboxylic acids is 1. The number of hydrogen-bond acceptors (Lipinski definition) is 3. The number of amides is 1. The van der Waals surface area contributed by atoms with E-state index >= 15 is 0 Å². The molecule has 170 valence electrons. The highest BCUT2D eigenvalue weighted by Gasteiger charge is 2.21. The van der Waals surface area contributed by atoms with Gasteiger partial charge in [0.2, 0.25) is 5.91 Å². The SMILES string of the molecule is COc1cccc(C(C)(C)CNC(=NCC(=O)N(C)C)NCCc2ccccc2)c1.I. The number of ether oxygens (including phenoxy) is 1. The molecule has 0 aliphatic carbocycles. The summed E-state index contributed by atoms with van der Waals surface area (Å²) in [6, 6.07) is 18.4. The van der Waals surface area contributed by atoms with Crippen LogP contribution in [0.2, 0.25) is 0 Å². The van der Waals surface area contributed by atoms with Crippen molar-refractivity contribution in [3.8, 4) is 5.75 Å². The zero-order valence-electron chi connectivity index (χ0n) is 19.1. The van der Waals surface area contributed by atoms with E-state index in [1.165, 1.54) is 11.1 Å². The van der Waals surface area contributed by atoms with Crippen molar-refractivity contribution < 1.29 is 9.53 Å². The van der Waals surface area contributed by atoms with Crippen molar-refractivity contribution in [1.82, 2.24) is 15.5 Å². The van der Waals surface area contributed by atoms with Crippen molar-refractivity contribution in [3.63, 3.8) is 0 Å². The molecule has 0 spiro atoms. The summed E-state index contributed by atoms with van der Waals surface area (Å²) in [5, 5.41) is 6.76. The molecule has 6 nitrogen and oxygen atoms in total. The van der Waals surface area contributed by atoms with Crippen LogP contribution in [0.25, 0.3) is 0 Å². The van der Waals surface area contributed by atoms with Crippen molar-refractivity contribution in [2.75, 3.05) is 40.8 Å². The number of nitrogens with zero attached hydrogens (tertiary/aromatic N) is 2. The minimum absolute atomic E-state index is 0. The van der Waals surface area contributed by atoms with Crippen LogP contribution in [0.1, 0.15) is 25.0 Å². The number of likely N-dealkylation sites (N-methyl/N-ethyl adjacent to an activating group) is 1. The number of halogens is 1. The lowest BCUT2D eigenvalue weighted by Crippen LogP contribution is -2.44. The van der Waals surface area contributed by atoms with Crippen LogP contribution in [-0.4, -0.2) is 57.6 Å². The largest absolute Gasteiger partial charge is 0.497 e. The van der Waals surface area contributed by atoms with Gasteiger partial charge in [-0.2, -0.15) is 0 Å². The second kappa shape index (κ2) is 13.2. The Labute approximate surface area is 203 Å². The third-order valence-electron chi connectivity index (χ3n) is 4.97. The van der Waals surface area contributed by atoms with Crippen molar-refractivity contribution in [3.05, 3.63) is 65.7 Å². The van der Waals surface area contributed by atoms with Gasteiger partial charge in [-0.05, 0) is 29.7 Å². The summed E-state index contributed by atoms with van der Waals surface area (Å²) >= 11 is 0. The molecule has 0 radical (unpaired) electrons. The lowest BCUT2D eigenvalue weighted by Gasteiger charge is -2.27. The lowest BCUT2D eigenvalue weighted by molar-refractivity contribution is -0.127. The highest BCUT2D eigenvalue weighted by molar-refractivity contribution is 14.0.